The Balaban J connectivity index is 1.77. The molecule has 4 aromatic rings. The van der Waals surface area contributed by atoms with Crippen LogP contribution in [0.25, 0.3) is 17.1 Å². The molecule has 0 unspecified atom stereocenters. The molecule has 2 aromatic carbocycles. The second kappa shape index (κ2) is 9.94. The highest BCUT2D eigenvalue weighted by molar-refractivity contribution is 6.30. The molecule has 0 radical (unpaired) electrons. The maximum absolute atomic E-state index is 13.3. The first-order valence-electron chi connectivity index (χ1n) is 10.5. The minimum Gasteiger partial charge on any atom is -0.493 e. The summed E-state index contributed by atoms with van der Waals surface area (Å²) in [7, 11) is 6.18. The van der Waals surface area contributed by atoms with Gasteiger partial charge >= 0.3 is 0 Å². The first-order chi connectivity index (χ1) is 16.8. The number of ether oxygens (including phenoxy) is 2. The summed E-state index contributed by atoms with van der Waals surface area (Å²) >= 11 is 6.17. The number of anilines is 1. The number of benzene rings is 2. The number of rotatable bonds is 7. The lowest BCUT2D eigenvalue weighted by Gasteiger charge is -2.17. The van der Waals surface area contributed by atoms with Gasteiger partial charge in [-0.15, -0.1) is 0 Å². The number of halogens is 1. The van der Waals surface area contributed by atoms with Gasteiger partial charge in [0.15, 0.2) is 23.0 Å². The van der Waals surface area contributed by atoms with Crippen LogP contribution in [0, 0.1) is 0 Å². The molecule has 2 aromatic heterocycles. The molecule has 0 aliphatic carbocycles. The van der Waals surface area contributed by atoms with E-state index >= 15 is 0 Å². The van der Waals surface area contributed by atoms with Crippen molar-refractivity contribution in [1.29, 1.82) is 0 Å². The van der Waals surface area contributed by atoms with E-state index < -0.39 is 5.91 Å². The smallest absolute Gasteiger partial charge is 0.276 e. The average molecular weight is 495 g/mol. The third-order valence-electron chi connectivity index (χ3n) is 5.18. The van der Waals surface area contributed by atoms with E-state index in [0.717, 1.165) is 0 Å². The van der Waals surface area contributed by atoms with Gasteiger partial charge in [-0.2, -0.15) is 5.10 Å². The van der Waals surface area contributed by atoms with E-state index in [-0.39, 0.29) is 22.9 Å². The lowest BCUT2D eigenvalue weighted by molar-refractivity contribution is 0.0828. The van der Waals surface area contributed by atoms with Gasteiger partial charge in [0.25, 0.3) is 11.8 Å². The summed E-state index contributed by atoms with van der Waals surface area (Å²) in [6.45, 7) is 0. The number of nitrogens with zero attached hydrogens (tertiary/aromatic N) is 3. The normalized spacial score (nSPS) is 10.7. The molecule has 35 heavy (non-hydrogen) atoms. The van der Waals surface area contributed by atoms with Gasteiger partial charge in [-0.1, -0.05) is 17.7 Å². The molecule has 10 heteroatoms. The average Bonchev–Trinajstić information content (AvgIpc) is 3.53. The van der Waals surface area contributed by atoms with Crippen LogP contribution in [0.5, 0.6) is 11.5 Å². The van der Waals surface area contributed by atoms with E-state index in [0.29, 0.717) is 33.7 Å². The van der Waals surface area contributed by atoms with Crippen LogP contribution in [0.2, 0.25) is 5.02 Å². The van der Waals surface area contributed by atoms with E-state index in [1.807, 2.05) is 6.07 Å². The fourth-order valence-corrected chi connectivity index (χ4v) is 3.67. The van der Waals surface area contributed by atoms with E-state index in [2.05, 4.69) is 10.4 Å². The third-order valence-corrected chi connectivity index (χ3v) is 5.41. The topological polar surface area (TPSA) is 98.8 Å². The van der Waals surface area contributed by atoms with Gasteiger partial charge in [-0.25, -0.2) is 4.68 Å². The monoisotopic (exact) mass is 494 g/mol. The predicted molar refractivity (Wildman–Crippen MR) is 132 cm³/mol. The molecule has 0 fully saturated rings. The number of hydrogen-bond acceptors (Lipinski definition) is 6. The first kappa shape index (κ1) is 23.9. The van der Waals surface area contributed by atoms with Gasteiger partial charge in [0.2, 0.25) is 0 Å². The fourth-order valence-electron chi connectivity index (χ4n) is 3.48. The fraction of sp³-hybridized carbons (Fsp3) is 0.160. The van der Waals surface area contributed by atoms with Crippen molar-refractivity contribution in [3.8, 4) is 28.6 Å². The highest BCUT2D eigenvalue weighted by Gasteiger charge is 2.23. The number of nitrogens with one attached hydrogen (secondary N) is 1. The lowest BCUT2D eigenvalue weighted by Crippen LogP contribution is -2.24. The Morgan fingerprint density at radius 3 is 2.40 bits per heavy atom. The molecule has 0 atom stereocenters. The molecule has 2 heterocycles. The maximum atomic E-state index is 13.3. The van der Waals surface area contributed by atoms with Crippen molar-refractivity contribution in [2.75, 3.05) is 33.6 Å². The summed E-state index contributed by atoms with van der Waals surface area (Å²) in [5, 5.41) is 7.80. The zero-order valence-corrected chi connectivity index (χ0v) is 20.3. The summed E-state index contributed by atoms with van der Waals surface area (Å²) in [4.78, 5) is 27.5. The van der Waals surface area contributed by atoms with Crippen LogP contribution in [0.1, 0.15) is 20.8 Å². The summed E-state index contributed by atoms with van der Waals surface area (Å²) < 4.78 is 17.8. The molecule has 0 spiro atoms. The SMILES string of the molecule is COc1cc(NC(=O)c2cc(-c3ccco3)n(-c3cccc(Cl)c3)n2)c(C(=O)N(C)C)cc1OC. The summed E-state index contributed by atoms with van der Waals surface area (Å²) in [5.41, 5.74) is 1.80. The molecular weight excluding hydrogens is 472 g/mol. The molecule has 0 saturated carbocycles. The van der Waals surface area contributed by atoms with Crippen LogP contribution in [-0.4, -0.2) is 54.8 Å². The van der Waals surface area contributed by atoms with Crippen molar-refractivity contribution >= 4 is 29.1 Å². The molecule has 4 rings (SSSR count). The van der Waals surface area contributed by atoms with Crippen LogP contribution < -0.4 is 14.8 Å². The van der Waals surface area contributed by atoms with Crippen LogP contribution in [0.3, 0.4) is 0 Å². The Labute approximate surface area is 206 Å². The lowest BCUT2D eigenvalue weighted by atomic mass is 10.1. The van der Waals surface area contributed by atoms with Gasteiger partial charge in [-0.3, -0.25) is 9.59 Å². The van der Waals surface area contributed by atoms with Crippen molar-refractivity contribution in [2.24, 2.45) is 0 Å². The number of furan rings is 1. The Morgan fingerprint density at radius 1 is 1.03 bits per heavy atom. The maximum Gasteiger partial charge on any atom is 0.276 e. The Bertz CT molecular complexity index is 1380. The summed E-state index contributed by atoms with van der Waals surface area (Å²) in [5.74, 6) is 0.395. The van der Waals surface area contributed by atoms with Crippen molar-refractivity contribution in [3.63, 3.8) is 0 Å². The van der Waals surface area contributed by atoms with Gasteiger partial charge < -0.3 is 24.1 Å². The van der Waals surface area contributed by atoms with Crippen LogP contribution >= 0.6 is 11.6 Å². The second-order valence-corrected chi connectivity index (χ2v) is 8.13. The molecule has 1 N–H and O–H groups in total. The largest absolute Gasteiger partial charge is 0.493 e. The first-order valence-corrected chi connectivity index (χ1v) is 10.9. The standard InChI is InChI=1S/C25H23ClN4O5/c1-29(2)25(32)17-12-22(33-3)23(34-4)14-18(17)27-24(31)19-13-20(21-9-6-10-35-21)30(28-19)16-8-5-7-15(26)11-16/h5-14H,1-4H3,(H,27,31). The third kappa shape index (κ3) is 4.85. The molecule has 0 aliphatic heterocycles. The van der Waals surface area contributed by atoms with E-state index in [1.165, 1.54) is 37.5 Å². The summed E-state index contributed by atoms with van der Waals surface area (Å²) in [6.07, 6.45) is 1.53. The van der Waals surface area contributed by atoms with Gasteiger partial charge in [0.1, 0.15) is 5.69 Å². The van der Waals surface area contributed by atoms with Gasteiger partial charge in [-0.05, 0) is 36.4 Å². The number of carbonyl (C=O) groups is 2. The van der Waals surface area contributed by atoms with Gasteiger partial charge in [0.05, 0.1) is 37.4 Å². The second-order valence-electron chi connectivity index (χ2n) is 7.69. The van der Waals surface area contributed by atoms with Crippen LogP contribution in [0.4, 0.5) is 5.69 Å². The summed E-state index contributed by atoms with van der Waals surface area (Å²) in [6, 6.07) is 15.2. The van der Waals surface area contributed by atoms with Crippen molar-refractivity contribution in [1.82, 2.24) is 14.7 Å². The Hall–Kier alpha value is -4.24. The van der Waals surface area contributed by atoms with Gasteiger partial charge in [0, 0.05) is 31.3 Å². The van der Waals surface area contributed by atoms with E-state index in [1.54, 1.807) is 55.2 Å². The van der Waals surface area contributed by atoms with Crippen LogP contribution in [0.15, 0.2) is 65.3 Å². The molecule has 0 saturated heterocycles. The van der Waals surface area contributed by atoms with E-state index in [9.17, 15) is 9.59 Å². The number of aromatic nitrogens is 2. The molecule has 9 nitrogen and oxygen atoms in total. The van der Waals surface area contributed by atoms with Crippen molar-refractivity contribution in [3.05, 3.63) is 77.1 Å². The Kier molecular flexibility index (Phi) is 6.79. The molecule has 0 aliphatic rings. The van der Waals surface area contributed by atoms with Crippen molar-refractivity contribution in [2.45, 2.75) is 0 Å². The highest BCUT2D eigenvalue weighted by Crippen LogP contribution is 2.34. The Morgan fingerprint density at radius 2 is 1.77 bits per heavy atom. The highest BCUT2D eigenvalue weighted by atomic mass is 35.5. The molecule has 0 bridgehead atoms. The minimum atomic E-state index is -0.529. The molecule has 180 valence electrons. The zero-order valence-electron chi connectivity index (χ0n) is 19.5. The number of methoxy groups -OCH3 is 2. The number of hydrogen-bond donors (Lipinski definition) is 1. The molecular formula is C25H23ClN4O5. The predicted octanol–water partition coefficient (Wildman–Crippen LogP) is 4.76. The molecule has 2 amide bonds. The number of amides is 2. The van der Waals surface area contributed by atoms with Crippen LogP contribution in [-0.2, 0) is 0 Å². The van der Waals surface area contributed by atoms with Crippen molar-refractivity contribution < 1.29 is 23.5 Å². The van der Waals surface area contributed by atoms with E-state index in [4.69, 9.17) is 25.5 Å². The number of carbonyl (C=O) groups excluding carboxylic acids is 2. The zero-order chi connectivity index (χ0) is 25.1. The quantitative estimate of drug-likeness (QED) is 0.398. The minimum absolute atomic E-state index is 0.106.